The lowest BCUT2D eigenvalue weighted by molar-refractivity contribution is -0.143. The average molecular weight is 405 g/mol. The van der Waals surface area contributed by atoms with Crippen molar-refractivity contribution in [3.63, 3.8) is 0 Å². The highest BCUT2D eigenvalue weighted by Gasteiger charge is 2.39. The van der Waals surface area contributed by atoms with Crippen LogP contribution in [0.5, 0.6) is 5.75 Å². The Kier molecular flexibility index (Phi) is 8.77. The second-order valence-corrected chi connectivity index (χ2v) is 7.98. The molecule has 1 saturated heterocycles. The molecule has 1 N–H and O–H groups in total. The van der Waals surface area contributed by atoms with Crippen LogP contribution in [0.25, 0.3) is 0 Å². The van der Waals surface area contributed by atoms with Crippen LogP contribution in [0.3, 0.4) is 0 Å². The Morgan fingerprint density at radius 3 is 2.45 bits per heavy atom. The van der Waals surface area contributed by atoms with Crippen LogP contribution in [-0.4, -0.2) is 62.5 Å². The molecule has 1 aliphatic heterocycles. The van der Waals surface area contributed by atoms with Crippen LogP contribution in [0.15, 0.2) is 24.3 Å². The zero-order valence-corrected chi connectivity index (χ0v) is 17.8. The standard InChI is InChI=1S/C23H36N2O4/c1-2-29-23(12-5-3-4-6-13-23)22(26)24-20-8-10-21(11-9-20)28-17-7-14-25-15-18-27-19-16-25/h8-11H,2-7,12-19H2,1H3,(H,24,26). The van der Waals surface area contributed by atoms with E-state index >= 15 is 0 Å². The molecule has 0 aromatic heterocycles. The van der Waals surface area contributed by atoms with E-state index in [0.717, 1.165) is 76.4 Å². The normalized spacial score (nSPS) is 20.0. The molecule has 2 aliphatic rings. The summed E-state index contributed by atoms with van der Waals surface area (Å²) in [5.74, 6) is 0.819. The van der Waals surface area contributed by atoms with Crippen molar-refractivity contribution in [2.75, 3.05) is 51.4 Å². The molecule has 3 rings (SSSR count). The summed E-state index contributed by atoms with van der Waals surface area (Å²) in [6.45, 7) is 7.94. The first-order valence-electron chi connectivity index (χ1n) is 11.2. The number of nitrogens with one attached hydrogen (secondary N) is 1. The van der Waals surface area contributed by atoms with Crippen molar-refractivity contribution in [2.45, 2.75) is 57.5 Å². The number of amides is 1. The lowest BCUT2D eigenvalue weighted by Crippen LogP contribution is -2.45. The number of rotatable bonds is 9. The number of ether oxygens (including phenoxy) is 3. The van der Waals surface area contributed by atoms with E-state index in [1.54, 1.807) is 0 Å². The summed E-state index contributed by atoms with van der Waals surface area (Å²) in [5.41, 5.74) is 0.110. The smallest absolute Gasteiger partial charge is 0.256 e. The molecule has 6 nitrogen and oxygen atoms in total. The maximum absolute atomic E-state index is 13.0. The number of hydrogen-bond acceptors (Lipinski definition) is 5. The van der Waals surface area contributed by atoms with Gasteiger partial charge in [-0.3, -0.25) is 9.69 Å². The highest BCUT2D eigenvalue weighted by atomic mass is 16.5. The van der Waals surface area contributed by atoms with Gasteiger partial charge in [0.15, 0.2) is 0 Å². The van der Waals surface area contributed by atoms with Crippen LogP contribution in [0.2, 0.25) is 0 Å². The quantitative estimate of drug-likeness (QED) is 0.500. The Hall–Kier alpha value is -1.63. The second-order valence-electron chi connectivity index (χ2n) is 7.98. The third-order valence-corrected chi connectivity index (χ3v) is 5.85. The zero-order chi connectivity index (χ0) is 20.4. The van der Waals surface area contributed by atoms with Gasteiger partial charge >= 0.3 is 0 Å². The molecule has 1 saturated carbocycles. The molecular formula is C23H36N2O4. The molecule has 0 atom stereocenters. The van der Waals surface area contributed by atoms with Crippen LogP contribution in [-0.2, 0) is 14.3 Å². The molecule has 29 heavy (non-hydrogen) atoms. The van der Waals surface area contributed by atoms with Gasteiger partial charge in [0.1, 0.15) is 11.4 Å². The average Bonchev–Trinajstić information content (AvgIpc) is 3.00. The molecule has 162 valence electrons. The number of morpholine rings is 1. The maximum atomic E-state index is 13.0. The molecule has 1 aliphatic carbocycles. The summed E-state index contributed by atoms with van der Waals surface area (Å²) >= 11 is 0. The number of nitrogens with zero attached hydrogens (tertiary/aromatic N) is 1. The van der Waals surface area contributed by atoms with Gasteiger partial charge in [-0.15, -0.1) is 0 Å². The second kappa shape index (κ2) is 11.5. The van der Waals surface area contributed by atoms with Crippen molar-refractivity contribution in [2.24, 2.45) is 0 Å². The fourth-order valence-corrected chi connectivity index (χ4v) is 4.20. The Morgan fingerprint density at radius 1 is 1.10 bits per heavy atom. The fraction of sp³-hybridized carbons (Fsp3) is 0.696. The third-order valence-electron chi connectivity index (χ3n) is 5.85. The molecule has 0 unspecified atom stereocenters. The molecule has 1 amide bonds. The molecule has 1 heterocycles. The van der Waals surface area contributed by atoms with Gasteiger partial charge in [-0.2, -0.15) is 0 Å². The number of carbonyl (C=O) groups excluding carboxylic acids is 1. The summed E-state index contributed by atoms with van der Waals surface area (Å²) in [4.78, 5) is 15.4. The first-order valence-corrected chi connectivity index (χ1v) is 11.2. The molecule has 1 aromatic rings. The molecule has 0 bridgehead atoms. The predicted molar refractivity (Wildman–Crippen MR) is 115 cm³/mol. The number of carbonyl (C=O) groups is 1. The number of benzene rings is 1. The zero-order valence-electron chi connectivity index (χ0n) is 17.8. The van der Waals surface area contributed by atoms with E-state index in [1.807, 2.05) is 31.2 Å². The van der Waals surface area contributed by atoms with Crippen molar-refractivity contribution >= 4 is 11.6 Å². The first-order chi connectivity index (χ1) is 14.2. The number of hydrogen-bond donors (Lipinski definition) is 1. The Balaban J connectivity index is 1.45. The highest BCUT2D eigenvalue weighted by molar-refractivity contribution is 5.97. The Labute approximate surface area is 174 Å². The minimum Gasteiger partial charge on any atom is -0.494 e. The summed E-state index contributed by atoms with van der Waals surface area (Å²) in [7, 11) is 0. The minimum atomic E-state index is -0.681. The van der Waals surface area contributed by atoms with Crippen molar-refractivity contribution in [3.05, 3.63) is 24.3 Å². The molecule has 1 aromatic carbocycles. The van der Waals surface area contributed by atoms with Gasteiger partial charge in [-0.1, -0.05) is 25.7 Å². The summed E-state index contributed by atoms with van der Waals surface area (Å²) in [6.07, 6.45) is 7.05. The van der Waals surface area contributed by atoms with E-state index in [1.165, 1.54) is 12.8 Å². The maximum Gasteiger partial charge on any atom is 0.256 e. The van der Waals surface area contributed by atoms with Gasteiger partial charge in [-0.25, -0.2) is 0 Å². The van der Waals surface area contributed by atoms with Crippen molar-refractivity contribution < 1.29 is 19.0 Å². The van der Waals surface area contributed by atoms with Crippen molar-refractivity contribution in [1.29, 1.82) is 0 Å². The Morgan fingerprint density at radius 2 is 1.79 bits per heavy atom. The van der Waals surface area contributed by atoms with Gasteiger partial charge in [0.25, 0.3) is 5.91 Å². The number of anilines is 1. The third kappa shape index (κ3) is 6.69. The van der Waals surface area contributed by atoms with E-state index in [2.05, 4.69) is 10.2 Å². The van der Waals surface area contributed by atoms with E-state index < -0.39 is 5.60 Å². The van der Waals surface area contributed by atoms with Gasteiger partial charge in [0.2, 0.25) is 0 Å². The highest BCUT2D eigenvalue weighted by Crippen LogP contribution is 2.32. The van der Waals surface area contributed by atoms with E-state index in [-0.39, 0.29) is 5.91 Å². The van der Waals surface area contributed by atoms with Crippen LogP contribution >= 0.6 is 0 Å². The van der Waals surface area contributed by atoms with E-state index in [0.29, 0.717) is 13.2 Å². The minimum absolute atomic E-state index is 0.0135. The molecule has 0 spiro atoms. The van der Waals surface area contributed by atoms with E-state index in [4.69, 9.17) is 14.2 Å². The molecule has 6 heteroatoms. The lowest BCUT2D eigenvalue weighted by atomic mass is 9.93. The molecular weight excluding hydrogens is 368 g/mol. The van der Waals surface area contributed by atoms with Crippen LogP contribution < -0.4 is 10.1 Å². The largest absolute Gasteiger partial charge is 0.494 e. The van der Waals surface area contributed by atoms with E-state index in [9.17, 15) is 4.79 Å². The first kappa shape index (κ1) is 22.1. The summed E-state index contributed by atoms with van der Waals surface area (Å²) in [6, 6.07) is 7.66. The van der Waals surface area contributed by atoms with Crippen molar-refractivity contribution in [1.82, 2.24) is 4.90 Å². The van der Waals surface area contributed by atoms with Crippen LogP contribution in [0.1, 0.15) is 51.9 Å². The summed E-state index contributed by atoms with van der Waals surface area (Å²) < 4.78 is 17.2. The topological polar surface area (TPSA) is 60.0 Å². The van der Waals surface area contributed by atoms with Crippen LogP contribution in [0, 0.1) is 0 Å². The van der Waals surface area contributed by atoms with Gasteiger partial charge in [0, 0.05) is 31.9 Å². The summed E-state index contributed by atoms with van der Waals surface area (Å²) in [5, 5.41) is 3.06. The van der Waals surface area contributed by atoms with Crippen LogP contribution in [0.4, 0.5) is 5.69 Å². The van der Waals surface area contributed by atoms with Gasteiger partial charge < -0.3 is 19.5 Å². The fourth-order valence-electron chi connectivity index (χ4n) is 4.20. The van der Waals surface area contributed by atoms with Gasteiger partial charge in [0.05, 0.1) is 19.8 Å². The lowest BCUT2D eigenvalue weighted by Gasteiger charge is -2.31. The monoisotopic (exact) mass is 404 g/mol. The predicted octanol–water partition coefficient (Wildman–Crippen LogP) is 3.86. The Bertz CT molecular complexity index is 606. The van der Waals surface area contributed by atoms with Crippen molar-refractivity contribution in [3.8, 4) is 5.75 Å². The SMILES string of the molecule is CCOC1(C(=O)Nc2ccc(OCCCN3CCOCC3)cc2)CCCCCC1. The molecule has 2 fully saturated rings. The van der Waals surface area contributed by atoms with Gasteiger partial charge in [-0.05, 0) is 50.5 Å². The molecule has 0 radical (unpaired) electrons.